The number of nitrogens with one attached hydrogen (secondary N) is 2. The Balaban J connectivity index is 1.49. The normalized spacial score (nSPS) is 11.4. The van der Waals surface area contributed by atoms with E-state index in [0.717, 1.165) is 37.3 Å². The van der Waals surface area contributed by atoms with E-state index in [1.807, 2.05) is 36.4 Å². The molecule has 0 atom stereocenters. The lowest BCUT2D eigenvalue weighted by Gasteiger charge is -1.99. The minimum absolute atomic E-state index is 0.0617. The van der Waals surface area contributed by atoms with E-state index in [2.05, 4.69) is 30.1 Å². The van der Waals surface area contributed by atoms with Crippen molar-refractivity contribution < 1.29 is 4.79 Å². The lowest BCUT2D eigenvalue weighted by molar-refractivity contribution is 0.102. The van der Waals surface area contributed by atoms with Gasteiger partial charge in [-0.25, -0.2) is 4.98 Å². The van der Waals surface area contributed by atoms with Crippen molar-refractivity contribution in [3.05, 3.63) is 66.1 Å². The summed E-state index contributed by atoms with van der Waals surface area (Å²) in [7, 11) is 0. The average Bonchev–Trinajstić information content (AvgIpc) is 3.56. The number of fused-ring (bicyclic) bond motifs is 2. The summed E-state index contributed by atoms with van der Waals surface area (Å²) >= 11 is 1.47. The number of hydrogen-bond donors (Lipinski definition) is 2. The Morgan fingerprint density at radius 1 is 1.00 bits per heavy atom. The van der Waals surface area contributed by atoms with E-state index < -0.39 is 0 Å². The van der Waals surface area contributed by atoms with E-state index in [1.54, 1.807) is 31.7 Å². The summed E-state index contributed by atoms with van der Waals surface area (Å²) in [5, 5.41) is 8.40. The molecule has 1 aromatic carbocycles. The third-order valence-corrected chi connectivity index (χ3v) is 6.45. The number of hydrogen-bond acceptors (Lipinski definition) is 7. The monoisotopic (exact) mass is 437 g/mol. The fourth-order valence-corrected chi connectivity index (χ4v) is 4.61. The molecule has 0 fully saturated rings. The number of H-pyrrole nitrogens is 2. The van der Waals surface area contributed by atoms with Crippen molar-refractivity contribution in [1.29, 1.82) is 0 Å². The lowest BCUT2D eigenvalue weighted by atomic mass is 10.1. The molecule has 0 saturated carbocycles. The molecule has 8 nitrogen and oxygen atoms in total. The van der Waals surface area contributed by atoms with Crippen LogP contribution in [-0.2, 0) is 0 Å². The first-order valence-corrected chi connectivity index (χ1v) is 10.7. The predicted molar refractivity (Wildman–Crippen MR) is 123 cm³/mol. The number of thiophene rings is 1. The molecule has 5 heterocycles. The number of nitrogens with zero attached hydrogens (tertiary/aromatic N) is 5. The lowest BCUT2D eigenvalue weighted by Crippen LogP contribution is -1.88. The molecule has 2 N–H and O–H groups in total. The Hall–Kier alpha value is -4.24. The molecule has 0 saturated heterocycles. The Morgan fingerprint density at radius 2 is 1.94 bits per heavy atom. The van der Waals surface area contributed by atoms with Crippen LogP contribution in [0.25, 0.3) is 55.3 Å². The van der Waals surface area contributed by atoms with Gasteiger partial charge in [-0.2, -0.15) is 5.10 Å². The Labute approximate surface area is 185 Å². The number of aromatic nitrogens is 7. The first kappa shape index (κ1) is 18.5. The van der Waals surface area contributed by atoms with Crippen LogP contribution in [0.2, 0.25) is 0 Å². The number of Topliss-reactive ketones (excluding diaryl/α,β-unsaturated/α-hetero) is 1. The third-order valence-electron chi connectivity index (χ3n) is 5.23. The van der Waals surface area contributed by atoms with Gasteiger partial charge in [-0.15, -0.1) is 11.3 Å². The Kier molecular flexibility index (Phi) is 4.15. The molecule has 0 aliphatic rings. The van der Waals surface area contributed by atoms with E-state index in [9.17, 15) is 4.79 Å². The van der Waals surface area contributed by atoms with Crippen LogP contribution in [0.4, 0.5) is 0 Å². The van der Waals surface area contributed by atoms with Crippen molar-refractivity contribution in [2.75, 3.05) is 0 Å². The van der Waals surface area contributed by atoms with Crippen LogP contribution in [-0.4, -0.2) is 40.9 Å². The van der Waals surface area contributed by atoms with E-state index in [-0.39, 0.29) is 5.78 Å². The number of pyridine rings is 1. The molecule has 0 aliphatic carbocycles. The van der Waals surface area contributed by atoms with Gasteiger partial charge in [0.05, 0.1) is 39.5 Å². The van der Waals surface area contributed by atoms with Crippen molar-refractivity contribution in [2.24, 2.45) is 0 Å². The number of carbonyl (C=O) groups is 1. The van der Waals surface area contributed by atoms with E-state index in [0.29, 0.717) is 22.9 Å². The second kappa shape index (κ2) is 7.17. The van der Waals surface area contributed by atoms with E-state index in [4.69, 9.17) is 4.98 Å². The topological polar surface area (TPSA) is 113 Å². The van der Waals surface area contributed by atoms with Gasteiger partial charge in [0.2, 0.25) is 0 Å². The van der Waals surface area contributed by atoms with Crippen molar-refractivity contribution >= 4 is 39.1 Å². The number of para-hydroxylation sites is 1. The van der Waals surface area contributed by atoms with Crippen LogP contribution in [0.1, 0.15) is 16.6 Å². The number of imidazole rings is 1. The van der Waals surface area contributed by atoms with Crippen LogP contribution >= 0.6 is 11.3 Å². The summed E-state index contributed by atoms with van der Waals surface area (Å²) < 4.78 is 0. The highest BCUT2D eigenvalue weighted by Gasteiger charge is 2.17. The highest BCUT2D eigenvalue weighted by molar-refractivity contribution is 7.17. The molecule has 0 unspecified atom stereocenters. The molecule has 0 spiro atoms. The maximum absolute atomic E-state index is 11.7. The largest absolute Gasteiger partial charge is 0.337 e. The van der Waals surface area contributed by atoms with Gasteiger partial charge < -0.3 is 4.98 Å². The molecule has 5 aromatic heterocycles. The van der Waals surface area contributed by atoms with Crippen molar-refractivity contribution in [3.8, 4) is 33.3 Å². The summed E-state index contributed by atoms with van der Waals surface area (Å²) in [5.74, 6) is 0.713. The Morgan fingerprint density at radius 3 is 2.75 bits per heavy atom. The molecule has 154 valence electrons. The number of rotatable bonds is 4. The molecule has 32 heavy (non-hydrogen) atoms. The molecule has 0 aliphatic heterocycles. The molecular formula is C23H15N7OS. The average molecular weight is 437 g/mol. The van der Waals surface area contributed by atoms with Gasteiger partial charge in [0.1, 0.15) is 11.4 Å². The zero-order valence-electron chi connectivity index (χ0n) is 16.8. The first-order chi connectivity index (χ1) is 15.7. The van der Waals surface area contributed by atoms with E-state index in [1.165, 1.54) is 11.3 Å². The van der Waals surface area contributed by atoms with Crippen LogP contribution in [0, 0.1) is 0 Å². The minimum atomic E-state index is 0.0617. The highest BCUT2D eigenvalue weighted by atomic mass is 32.1. The quantitative estimate of drug-likeness (QED) is 0.380. The fourth-order valence-electron chi connectivity index (χ4n) is 3.68. The van der Waals surface area contributed by atoms with Crippen LogP contribution in [0.15, 0.2) is 61.2 Å². The molecule has 6 aromatic rings. The summed E-state index contributed by atoms with van der Waals surface area (Å²) in [4.78, 5) is 34.6. The van der Waals surface area contributed by atoms with Gasteiger partial charge in [-0.3, -0.25) is 24.8 Å². The molecule has 0 bridgehead atoms. The second-order valence-electron chi connectivity index (χ2n) is 7.29. The second-order valence-corrected chi connectivity index (χ2v) is 8.37. The standard InChI is InChI=1S/C23H15N7OS/c1-12(31)19-5-6-20(32-19)13-3-2-4-15-21(13)28-23(27-15)22-14-9-16(18-10-24-7-8-25-18)26-11-17(14)29-30-22/h2-11H,1H3,(H,27,28)(H,29,30). The van der Waals surface area contributed by atoms with Gasteiger partial charge >= 0.3 is 0 Å². The highest BCUT2D eigenvalue weighted by Crippen LogP contribution is 2.35. The number of benzene rings is 1. The Bertz CT molecular complexity index is 1610. The van der Waals surface area contributed by atoms with Gasteiger partial charge in [0.25, 0.3) is 0 Å². The van der Waals surface area contributed by atoms with Crippen molar-refractivity contribution in [2.45, 2.75) is 6.92 Å². The summed E-state index contributed by atoms with van der Waals surface area (Å²) in [5.41, 5.74) is 5.61. The molecular weight excluding hydrogens is 422 g/mol. The fraction of sp³-hybridized carbons (Fsp3) is 0.0435. The minimum Gasteiger partial charge on any atom is -0.337 e. The predicted octanol–water partition coefficient (Wildman–Crippen LogP) is 4.89. The molecule has 0 amide bonds. The van der Waals surface area contributed by atoms with E-state index >= 15 is 0 Å². The van der Waals surface area contributed by atoms with Crippen molar-refractivity contribution in [1.82, 2.24) is 35.1 Å². The third kappa shape index (κ3) is 2.98. The van der Waals surface area contributed by atoms with Crippen LogP contribution < -0.4 is 0 Å². The van der Waals surface area contributed by atoms with Crippen molar-refractivity contribution in [3.63, 3.8) is 0 Å². The van der Waals surface area contributed by atoms with Gasteiger partial charge in [-0.1, -0.05) is 12.1 Å². The van der Waals surface area contributed by atoms with Gasteiger partial charge in [0, 0.05) is 28.2 Å². The summed E-state index contributed by atoms with van der Waals surface area (Å²) in [6.45, 7) is 1.58. The molecule has 6 rings (SSSR count). The summed E-state index contributed by atoms with van der Waals surface area (Å²) in [6, 6.07) is 11.7. The number of aromatic amines is 2. The van der Waals surface area contributed by atoms with Gasteiger partial charge in [0.15, 0.2) is 11.6 Å². The smallest absolute Gasteiger partial charge is 0.169 e. The maximum atomic E-state index is 11.7. The SMILES string of the molecule is CC(=O)c1ccc(-c2cccc3[nH]c(-c4n[nH]c5cnc(-c6cnccn6)cc45)nc23)s1. The molecule has 0 radical (unpaired) electrons. The van der Waals surface area contributed by atoms with Crippen LogP contribution in [0.3, 0.4) is 0 Å². The maximum Gasteiger partial charge on any atom is 0.169 e. The number of carbonyl (C=O) groups excluding carboxylic acids is 1. The number of ketones is 1. The first-order valence-electron chi connectivity index (χ1n) is 9.88. The van der Waals surface area contributed by atoms with Gasteiger partial charge in [-0.05, 0) is 31.2 Å². The zero-order chi connectivity index (χ0) is 21.7. The summed E-state index contributed by atoms with van der Waals surface area (Å²) in [6.07, 6.45) is 6.68. The molecule has 9 heteroatoms. The van der Waals surface area contributed by atoms with Crippen LogP contribution in [0.5, 0.6) is 0 Å². The zero-order valence-corrected chi connectivity index (χ0v) is 17.6.